The summed E-state index contributed by atoms with van der Waals surface area (Å²) in [5.41, 5.74) is 5.71. The molecule has 182 valence electrons. The number of hydrogen-bond acceptors (Lipinski definition) is 7. The third-order valence-corrected chi connectivity index (χ3v) is 7.28. The van der Waals surface area contributed by atoms with E-state index in [0.717, 1.165) is 18.2 Å². The van der Waals surface area contributed by atoms with Gasteiger partial charge in [0.05, 0.1) is 21.2 Å². The Morgan fingerprint density at radius 3 is 2.15 bits per heavy atom. The Kier molecular flexibility index (Phi) is 7.54. The number of nitrogens with one attached hydrogen (secondary N) is 2. The number of rotatable bonds is 8. The first-order chi connectivity index (χ1) is 16.0. The van der Waals surface area contributed by atoms with Gasteiger partial charge in [-0.05, 0) is 42.5 Å². The van der Waals surface area contributed by atoms with Crippen LogP contribution in [0.5, 0.6) is 0 Å². The molecular weight excluding hydrogens is 493 g/mol. The summed E-state index contributed by atoms with van der Waals surface area (Å²) in [6.07, 6.45) is -3.38. The van der Waals surface area contributed by atoms with E-state index in [2.05, 4.69) is 20.6 Å². The first-order valence-corrected chi connectivity index (χ1v) is 11.9. The van der Waals surface area contributed by atoms with Crippen LogP contribution in [0.25, 0.3) is 0 Å². The maximum Gasteiger partial charge on any atom is 0.416 e. The molecule has 0 amide bonds. The van der Waals surface area contributed by atoms with Crippen LogP contribution in [0, 0.1) is 0 Å². The van der Waals surface area contributed by atoms with E-state index in [0.29, 0.717) is 18.8 Å². The lowest BCUT2D eigenvalue weighted by molar-refractivity contribution is -0.137. The van der Waals surface area contributed by atoms with Crippen molar-refractivity contribution in [1.82, 2.24) is 14.3 Å². The van der Waals surface area contributed by atoms with E-state index >= 15 is 0 Å². The molecule has 34 heavy (non-hydrogen) atoms. The molecule has 0 aliphatic heterocycles. The SMILES string of the molecule is CCN(CC)S(=O)(=O)c1ccc(Nc2ncnc(Nc3cc(C(F)(F)F)ccc3Cl)c2N)cc1. The van der Waals surface area contributed by atoms with Crippen molar-refractivity contribution in [3.63, 3.8) is 0 Å². The number of alkyl halides is 3. The van der Waals surface area contributed by atoms with Crippen LogP contribution in [0.15, 0.2) is 53.7 Å². The van der Waals surface area contributed by atoms with Gasteiger partial charge in [-0.3, -0.25) is 0 Å². The molecule has 0 fully saturated rings. The van der Waals surface area contributed by atoms with Crippen molar-refractivity contribution in [1.29, 1.82) is 0 Å². The predicted molar refractivity (Wildman–Crippen MR) is 126 cm³/mol. The van der Waals surface area contributed by atoms with Gasteiger partial charge >= 0.3 is 6.18 Å². The fraction of sp³-hybridized carbons (Fsp3) is 0.238. The zero-order valence-electron chi connectivity index (χ0n) is 18.2. The molecule has 0 atom stereocenters. The highest BCUT2D eigenvalue weighted by atomic mass is 35.5. The predicted octanol–water partition coefficient (Wildman–Crippen LogP) is 5.25. The van der Waals surface area contributed by atoms with Crippen LogP contribution in [0.4, 0.5) is 41.9 Å². The van der Waals surface area contributed by atoms with Crippen molar-refractivity contribution in [2.24, 2.45) is 0 Å². The fourth-order valence-corrected chi connectivity index (χ4v) is 4.70. The van der Waals surface area contributed by atoms with Gasteiger partial charge in [-0.2, -0.15) is 17.5 Å². The number of anilines is 5. The molecule has 1 heterocycles. The summed E-state index contributed by atoms with van der Waals surface area (Å²) < 4.78 is 65.7. The van der Waals surface area contributed by atoms with Gasteiger partial charge in [0.2, 0.25) is 10.0 Å². The molecule has 0 aliphatic rings. The summed E-state index contributed by atoms with van der Waals surface area (Å²) in [7, 11) is -3.61. The molecule has 0 radical (unpaired) electrons. The number of halogens is 4. The van der Waals surface area contributed by atoms with Gasteiger partial charge < -0.3 is 16.4 Å². The second-order valence-corrected chi connectivity index (χ2v) is 9.39. The average Bonchev–Trinajstić information content (AvgIpc) is 2.78. The van der Waals surface area contributed by atoms with Gasteiger partial charge in [-0.1, -0.05) is 25.4 Å². The molecule has 0 aliphatic carbocycles. The van der Waals surface area contributed by atoms with E-state index in [4.69, 9.17) is 17.3 Å². The number of nitrogens with zero attached hydrogens (tertiary/aromatic N) is 3. The van der Waals surface area contributed by atoms with Crippen molar-refractivity contribution in [3.8, 4) is 0 Å². The van der Waals surface area contributed by atoms with Crippen LogP contribution in [-0.2, 0) is 16.2 Å². The highest BCUT2D eigenvalue weighted by Gasteiger charge is 2.31. The fourth-order valence-electron chi connectivity index (χ4n) is 3.08. The first kappa shape index (κ1) is 25.5. The number of benzene rings is 2. The van der Waals surface area contributed by atoms with Gasteiger partial charge in [0.25, 0.3) is 0 Å². The lowest BCUT2D eigenvalue weighted by Gasteiger charge is -2.18. The Morgan fingerprint density at radius 2 is 1.59 bits per heavy atom. The minimum absolute atomic E-state index is 0.0239. The lowest BCUT2D eigenvalue weighted by atomic mass is 10.2. The lowest BCUT2D eigenvalue weighted by Crippen LogP contribution is -2.30. The van der Waals surface area contributed by atoms with Gasteiger partial charge in [0.1, 0.15) is 12.0 Å². The third kappa shape index (κ3) is 5.51. The Balaban J connectivity index is 1.84. The minimum atomic E-state index is -4.55. The van der Waals surface area contributed by atoms with Crippen molar-refractivity contribution < 1.29 is 21.6 Å². The highest BCUT2D eigenvalue weighted by Crippen LogP contribution is 2.36. The number of nitrogen functional groups attached to an aromatic ring is 1. The van der Waals surface area contributed by atoms with Gasteiger partial charge in [-0.25, -0.2) is 18.4 Å². The zero-order valence-corrected chi connectivity index (χ0v) is 19.8. The second kappa shape index (κ2) is 10.0. The Bertz CT molecular complexity index is 1270. The molecular formula is C21H22ClF3N6O2S. The van der Waals surface area contributed by atoms with Gasteiger partial charge in [0.15, 0.2) is 11.6 Å². The third-order valence-electron chi connectivity index (χ3n) is 4.89. The second-order valence-electron chi connectivity index (χ2n) is 7.04. The number of nitrogens with two attached hydrogens (primary N) is 1. The van der Waals surface area contributed by atoms with Gasteiger partial charge in [0, 0.05) is 18.8 Å². The molecule has 1 aromatic heterocycles. The first-order valence-electron chi connectivity index (χ1n) is 10.1. The number of sulfonamides is 1. The maximum atomic E-state index is 13.0. The molecule has 0 unspecified atom stereocenters. The molecule has 0 saturated heterocycles. The normalized spacial score (nSPS) is 12.1. The zero-order chi connectivity index (χ0) is 25.1. The van der Waals surface area contributed by atoms with E-state index in [1.54, 1.807) is 26.0 Å². The number of hydrogen-bond donors (Lipinski definition) is 3. The number of aromatic nitrogens is 2. The van der Waals surface area contributed by atoms with Crippen LogP contribution in [0.3, 0.4) is 0 Å². The molecule has 0 saturated carbocycles. The van der Waals surface area contributed by atoms with Crippen LogP contribution >= 0.6 is 11.6 Å². The largest absolute Gasteiger partial charge is 0.416 e. The molecule has 3 rings (SSSR count). The summed E-state index contributed by atoms with van der Waals surface area (Å²) in [6, 6.07) is 8.85. The van der Waals surface area contributed by atoms with Gasteiger partial charge in [-0.15, -0.1) is 0 Å². The summed E-state index contributed by atoms with van der Waals surface area (Å²) in [5, 5.41) is 5.69. The summed E-state index contributed by atoms with van der Waals surface area (Å²) in [4.78, 5) is 8.17. The van der Waals surface area contributed by atoms with Crippen LogP contribution in [0.1, 0.15) is 19.4 Å². The molecule has 0 spiro atoms. The highest BCUT2D eigenvalue weighted by molar-refractivity contribution is 7.89. The quantitative estimate of drug-likeness (QED) is 0.376. The van der Waals surface area contributed by atoms with E-state index in [9.17, 15) is 21.6 Å². The summed E-state index contributed by atoms with van der Waals surface area (Å²) >= 11 is 6.03. The topological polar surface area (TPSA) is 113 Å². The van der Waals surface area contributed by atoms with Crippen LogP contribution in [0.2, 0.25) is 5.02 Å². The smallest absolute Gasteiger partial charge is 0.393 e. The average molecular weight is 515 g/mol. The van der Waals surface area contributed by atoms with E-state index in [-0.39, 0.29) is 32.9 Å². The minimum Gasteiger partial charge on any atom is -0.393 e. The molecule has 8 nitrogen and oxygen atoms in total. The van der Waals surface area contributed by atoms with E-state index < -0.39 is 21.8 Å². The molecule has 0 bridgehead atoms. The van der Waals surface area contributed by atoms with E-state index in [1.807, 2.05) is 0 Å². The Morgan fingerprint density at radius 1 is 1.00 bits per heavy atom. The Labute approximate surface area is 200 Å². The van der Waals surface area contributed by atoms with E-state index in [1.165, 1.54) is 22.8 Å². The molecule has 4 N–H and O–H groups in total. The van der Waals surface area contributed by atoms with Crippen molar-refractivity contribution in [2.45, 2.75) is 24.9 Å². The van der Waals surface area contributed by atoms with Crippen molar-refractivity contribution >= 4 is 50.3 Å². The van der Waals surface area contributed by atoms with Crippen molar-refractivity contribution in [3.05, 3.63) is 59.4 Å². The van der Waals surface area contributed by atoms with Crippen LogP contribution < -0.4 is 16.4 Å². The molecule has 3 aromatic rings. The molecule has 2 aromatic carbocycles. The van der Waals surface area contributed by atoms with Crippen LogP contribution in [-0.4, -0.2) is 35.8 Å². The monoisotopic (exact) mass is 514 g/mol. The Hall–Kier alpha value is -3.09. The summed E-state index contributed by atoms with van der Waals surface area (Å²) in [6.45, 7) is 4.21. The standard InChI is InChI=1S/C21H22ClF3N6O2S/c1-3-31(4-2)34(32,33)15-8-6-14(7-9-15)29-19-18(26)20(28-12-27-19)30-17-11-13(21(23,24)25)5-10-16(17)22/h5-12H,3-4,26H2,1-2H3,(H2,27,28,29,30). The maximum absolute atomic E-state index is 13.0. The summed E-state index contributed by atoms with van der Waals surface area (Å²) in [5.74, 6) is 0.208. The molecule has 13 heteroatoms. The van der Waals surface area contributed by atoms with Crippen molar-refractivity contribution in [2.75, 3.05) is 29.5 Å².